The molecular weight excluding hydrogens is 320 g/mol. The Hall–Kier alpha value is -1.59. The summed E-state index contributed by atoms with van der Waals surface area (Å²) in [4.78, 5) is 14.4. The van der Waals surface area contributed by atoms with Gasteiger partial charge in [-0.3, -0.25) is 0 Å². The molecule has 0 bridgehead atoms. The second-order valence-electron chi connectivity index (χ2n) is 5.50. The highest BCUT2D eigenvalue weighted by Crippen LogP contribution is 2.39. The van der Waals surface area contributed by atoms with Gasteiger partial charge in [-0.25, -0.2) is 4.79 Å². The van der Waals surface area contributed by atoms with E-state index in [2.05, 4.69) is 5.32 Å². The van der Waals surface area contributed by atoms with Gasteiger partial charge in [0.25, 0.3) is 0 Å². The van der Waals surface area contributed by atoms with Crippen LogP contribution in [0.1, 0.15) is 31.4 Å². The van der Waals surface area contributed by atoms with Gasteiger partial charge in [-0.2, -0.15) is 0 Å². The summed E-state index contributed by atoms with van der Waals surface area (Å²) >= 11 is 11.8. The molecule has 1 atom stereocenters. The van der Waals surface area contributed by atoms with E-state index in [1.54, 1.807) is 6.07 Å². The first kappa shape index (κ1) is 15.3. The summed E-state index contributed by atoms with van der Waals surface area (Å²) in [5.74, 6) is -0.358. The number of halogens is 1. The molecule has 4 nitrogen and oxygen atoms in total. The van der Waals surface area contributed by atoms with Crippen molar-refractivity contribution < 1.29 is 9.53 Å². The van der Waals surface area contributed by atoms with Crippen molar-refractivity contribution in [2.45, 2.75) is 31.8 Å². The fourth-order valence-corrected chi connectivity index (χ4v) is 3.50. The highest BCUT2D eigenvalue weighted by Gasteiger charge is 2.41. The third-order valence-corrected chi connectivity index (χ3v) is 4.72. The first-order valence-corrected chi connectivity index (χ1v) is 7.96. The lowest BCUT2D eigenvalue weighted by Crippen LogP contribution is -2.48. The van der Waals surface area contributed by atoms with Crippen LogP contribution < -0.4 is 5.32 Å². The van der Waals surface area contributed by atoms with Gasteiger partial charge in [0.1, 0.15) is 0 Å². The smallest absolute Gasteiger partial charge is 0.337 e. The molecule has 0 aromatic heterocycles. The molecule has 1 aliphatic heterocycles. The molecule has 0 saturated heterocycles. The van der Waals surface area contributed by atoms with Crippen LogP contribution >= 0.6 is 23.8 Å². The number of ether oxygens (including phenoxy) is 1. The van der Waals surface area contributed by atoms with E-state index in [1.165, 1.54) is 7.11 Å². The molecule has 0 radical (unpaired) electrons. The average Bonchev–Trinajstić information content (AvgIpc) is 3.31. The number of hydrogen-bond donors (Lipinski definition) is 1. The highest BCUT2D eigenvalue weighted by atomic mass is 35.5. The zero-order valence-electron chi connectivity index (χ0n) is 12.4. The molecule has 1 N–H and O–H groups in total. The fourth-order valence-electron chi connectivity index (χ4n) is 2.85. The Morgan fingerprint density at radius 3 is 2.68 bits per heavy atom. The number of esters is 1. The Morgan fingerprint density at radius 2 is 2.09 bits per heavy atom. The van der Waals surface area contributed by atoms with Gasteiger partial charge in [-0.15, -0.1) is 0 Å². The second-order valence-corrected chi connectivity index (χ2v) is 6.29. The Labute approximate surface area is 140 Å². The van der Waals surface area contributed by atoms with E-state index in [0.717, 1.165) is 24.1 Å². The summed E-state index contributed by atoms with van der Waals surface area (Å²) in [6.07, 6.45) is 2.18. The number of carbonyl (C=O) groups excluding carboxylic acids is 1. The van der Waals surface area contributed by atoms with Crippen LogP contribution in [0.5, 0.6) is 0 Å². The molecule has 0 spiro atoms. The average molecular weight is 337 g/mol. The topological polar surface area (TPSA) is 41.6 Å². The minimum Gasteiger partial charge on any atom is -0.466 e. The molecular formula is C16H17ClN2O2S. The summed E-state index contributed by atoms with van der Waals surface area (Å²) in [6.45, 7) is 1.92. The SMILES string of the molecule is COC(=O)C1=C(C)N(C2CC2)C(=S)N[C@H]1c1ccccc1Cl. The molecule has 22 heavy (non-hydrogen) atoms. The van der Waals surface area contributed by atoms with Gasteiger partial charge in [-0.05, 0) is 43.6 Å². The number of nitrogens with zero attached hydrogens (tertiary/aromatic N) is 1. The van der Waals surface area contributed by atoms with Crippen LogP contribution in [0.15, 0.2) is 35.5 Å². The van der Waals surface area contributed by atoms with Crippen LogP contribution in [0.2, 0.25) is 5.02 Å². The number of benzene rings is 1. The van der Waals surface area contributed by atoms with Crippen molar-refractivity contribution in [2.75, 3.05) is 7.11 Å². The van der Waals surface area contributed by atoms with Gasteiger partial charge in [-0.1, -0.05) is 29.8 Å². The molecule has 1 saturated carbocycles. The van der Waals surface area contributed by atoms with E-state index in [1.807, 2.05) is 30.0 Å². The van der Waals surface area contributed by atoms with Gasteiger partial charge in [0.05, 0.1) is 18.7 Å². The van der Waals surface area contributed by atoms with Crippen molar-refractivity contribution in [3.8, 4) is 0 Å². The lowest BCUT2D eigenvalue weighted by Gasteiger charge is -2.37. The molecule has 0 unspecified atom stereocenters. The standard InChI is InChI=1S/C16H17ClN2O2S/c1-9-13(15(20)21-2)14(11-5-3-4-6-12(11)17)18-16(22)19(9)10-7-8-10/h3-6,10,14H,7-8H2,1-2H3,(H,18,22)/t14-/m0/s1. The zero-order valence-corrected chi connectivity index (χ0v) is 14.0. The van der Waals surface area contributed by atoms with E-state index < -0.39 is 0 Å². The molecule has 6 heteroatoms. The molecule has 2 aliphatic rings. The Kier molecular flexibility index (Phi) is 4.10. The summed E-state index contributed by atoms with van der Waals surface area (Å²) in [5.41, 5.74) is 2.24. The third-order valence-electron chi connectivity index (χ3n) is 4.06. The van der Waals surface area contributed by atoms with E-state index in [0.29, 0.717) is 21.8 Å². The lowest BCUT2D eigenvalue weighted by atomic mass is 9.95. The van der Waals surface area contributed by atoms with Crippen molar-refractivity contribution >= 4 is 34.9 Å². The number of thiocarbonyl (C=S) groups is 1. The Morgan fingerprint density at radius 1 is 1.41 bits per heavy atom. The van der Waals surface area contributed by atoms with E-state index in [9.17, 15) is 4.79 Å². The first-order valence-electron chi connectivity index (χ1n) is 7.17. The van der Waals surface area contributed by atoms with Crippen LogP contribution in [0.4, 0.5) is 0 Å². The number of allylic oxidation sites excluding steroid dienone is 1. The molecule has 1 heterocycles. The molecule has 3 rings (SSSR count). The predicted octanol–water partition coefficient (Wildman–Crippen LogP) is 3.18. The van der Waals surface area contributed by atoms with Crippen molar-refractivity contribution in [1.82, 2.24) is 10.2 Å². The van der Waals surface area contributed by atoms with E-state index in [4.69, 9.17) is 28.6 Å². The largest absolute Gasteiger partial charge is 0.466 e. The number of methoxy groups -OCH3 is 1. The molecule has 1 aliphatic carbocycles. The van der Waals surface area contributed by atoms with Crippen LogP contribution in [0.3, 0.4) is 0 Å². The zero-order chi connectivity index (χ0) is 15.9. The van der Waals surface area contributed by atoms with Crippen molar-refractivity contribution in [2.24, 2.45) is 0 Å². The quantitative estimate of drug-likeness (QED) is 0.678. The highest BCUT2D eigenvalue weighted by molar-refractivity contribution is 7.80. The van der Waals surface area contributed by atoms with Crippen LogP contribution in [0, 0.1) is 0 Å². The van der Waals surface area contributed by atoms with Crippen molar-refractivity contribution in [3.63, 3.8) is 0 Å². The summed E-state index contributed by atoms with van der Waals surface area (Å²) in [5, 5.41) is 4.49. The minimum atomic E-state index is -0.386. The van der Waals surface area contributed by atoms with Crippen LogP contribution in [-0.4, -0.2) is 29.1 Å². The van der Waals surface area contributed by atoms with Crippen molar-refractivity contribution in [1.29, 1.82) is 0 Å². The lowest BCUT2D eigenvalue weighted by molar-refractivity contribution is -0.136. The maximum Gasteiger partial charge on any atom is 0.337 e. The summed E-state index contributed by atoms with van der Waals surface area (Å²) in [6, 6.07) is 7.45. The fraction of sp³-hybridized carbons (Fsp3) is 0.375. The van der Waals surface area contributed by atoms with Gasteiger partial charge in [0.15, 0.2) is 5.11 Å². The van der Waals surface area contributed by atoms with E-state index in [-0.39, 0.29) is 12.0 Å². The molecule has 1 aromatic carbocycles. The first-order chi connectivity index (χ1) is 10.5. The van der Waals surface area contributed by atoms with Gasteiger partial charge < -0.3 is 15.0 Å². The van der Waals surface area contributed by atoms with Gasteiger partial charge >= 0.3 is 5.97 Å². The number of carbonyl (C=O) groups is 1. The Balaban J connectivity index is 2.11. The number of nitrogens with one attached hydrogen (secondary N) is 1. The second kappa shape index (κ2) is 5.89. The number of hydrogen-bond acceptors (Lipinski definition) is 3. The predicted molar refractivity (Wildman–Crippen MR) is 89.5 cm³/mol. The van der Waals surface area contributed by atoms with Gasteiger partial charge in [0.2, 0.25) is 0 Å². The monoisotopic (exact) mass is 336 g/mol. The normalized spacial score (nSPS) is 21.7. The van der Waals surface area contributed by atoms with E-state index >= 15 is 0 Å². The minimum absolute atomic E-state index is 0.358. The molecule has 1 fully saturated rings. The molecule has 1 aromatic rings. The van der Waals surface area contributed by atoms with Crippen molar-refractivity contribution in [3.05, 3.63) is 46.1 Å². The third kappa shape index (κ3) is 2.59. The van der Waals surface area contributed by atoms with Crippen LogP contribution in [0.25, 0.3) is 0 Å². The molecule has 116 valence electrons. The molecule has 0 amide bonds. The maximum atomic E-state index is 12.3. The Bertz CT molecular complexity index is 670. The van der Waals surface area contributed by atoms with Crippen LogP contribution in [-0.2, 0) is 9.53 Å². The van der Waals surface area contributed by atoms with Gasteiger partial charge in [0, 0.05) is 16.8 Å². The summed E-state index contributed by atoms with van der Waals surface area (Å²) < 4.78 is 4.99. The number of rotatable bonds is 3. The summed E-state index contributed by atoms with van der Waals surface area (Å²) in [7, 11) is 1.39. The maximum absolute atomic E-state index is 12.3.